The lowest BCUT2D eigenvalue weighted by Crippen LogP contribution is -2.53. The maximum Gasteiger partial charge on any atom is 0.146 e. The summed E-state index contributed by atoms with van der Waals surface area (Å²) < 4.78 is 0. The summed E-state index contributed by atoms with van der Waals surface area (Å²) in [7, 11) is 0. The SMILES string of the molecule is Cc1ccnc(N2CCC3(O)CCCCC3C2)c1C#N. The first-order chi connectivity index (χ1) is 9.64. The summed E-state index contributed by atoms with van der Waals surface area (Å²) in [4.78, 5) is 6.61. The van der Waals surface area contributed by atoms with E-state index in [0.717, 1.165) is 50.2 Å². The van der Waals surface area contributed by atoms with E-state index in [0.29, 0.717) is 11.5 Å². The highest BCUT2D eigenvalue weighted by Crippen LogP contribution is 2.41. The Morgan fingerprint density at radius 1 is 1.45 bits per heavy atom. The monoisotopic (exact) mass is 271 g/mol. The maximum atomic E-state index is 10.7. The van der Waals surface area contributed by atoms with Gasteiger partial charge in [0, 0.05) is 25.2 Å². The van der Waals surface area contributed by atoms with Gasteiger partial charge in [-0.3, -0.25) is 0 Å². The predicted molar refractivity (Wildman–Crippen MR) is 77.4 cm³/mol. The van der Waals surface area contributed by atoms with E-state index in [1.54, 1.807) is 6.20 Å². The van der Waals surface area contributed by atoms with E-state index in [2.05, 4.69) is 16.0 Å². The molecule has 0 amide bonds. The molecule has 0 bridgehead atoms. The van der Waals surface area contributed by atoms with Crippen LogP contribution in [0, 0.1) is 24.2 Å². The van der Waals surface area contributed by atoms with Gasteiger partial charge in [-0.15, -0.1) is 0 Å². The number of aryl methyl sites for hydroxylation is 1. The zero-order valence-electron chi connectivity index (χ0n) is 12.0. The fraction of sp³-hybridized carbons (Fsp3) is 0.625. The number of aromatic nitrogens is 1. The number of piperidine rings is 1. The Labute approximate surface area is 120 Å². The molecule has 1 N–H and O–H groups in total. The summed E-state index contributed by atoms with van der Waals surface area (Å²) in [5, 5.41) is 20.1. The number of rotatable bonds is 1. The van der Waals surface area contributed by atoms with Crippen molar-refractivity contribution in [3.05, 3.63) is 23.4 Å². The summed E-state index contributed by atoms with van der Waals surface area (Å²) in [5.74, 6) is 1.11. The predicted octanol–water partition coefficient (Wildman–Crippen LogP) is 2.39. The van der Waals surface area contributed by atoms with Gasteiger partial charge in [0.2, 0.25) is 0 Å². The molecule has 20 heavy (non-hydrogen) atoms. The molecule has 0 aromatic carbocycles. The number of pyridine rings is 1. The van der Waals surface area contributed by atoms with Crippen molar-refractivity contribution in [3.8, 4) is 6.07 Å². The van der Waals surface area contributed by atoms with Crippen LogP contribution in [0.1, 0.15) is 43.2 Å². The van der Waals surface area contributed by atoms with Crippen LogP contribution in [0.25, 0.3) is 0 Å². The molecule has 106 valence electrons. The van der Waals surface area contributed by atoms with E-state index < -0.39 is 5.60 Å². The Balaban J connectivity index is 1.87. The van der Waals surface area contributed by atoms with Crippen molar-refractivity contribution in [2.45, 2.75) is 44.6 Å². The molecule has 2 fully saturated rings. The van der Waals surface area contributed by atoms with Gasteiger partial charge in [-0.2, -0.15) is 5.26 Å². The minimum atomic E-state index is -0.481. The fourth-order valence-corrected chi connectivity index (χ4v) is 3.69. The van der Waals surface area contributed by atoms with Crippen LogP contribution in [0.15, 0.2) is 12.3 Å². The van der Waals surface area contributed by atoms with Crippen LogP contribution in [0.2, 0.25) is 0 Å². The molecule has 0 radical (unpaired) electrons. The maximum absolute atomic E-state index is 10.7. The first-order valence-corrected chi connectivity index (χ1v) is 7.47. The zero-order valence-corrected chi connectivity index (χ0v) is 12.0. The normalized spacial score (nSPS) is 29.6. The van der Waals surface area contributed by atoms with E-state index in [1.165, 1.54) is 6.42 Å². The average molecular weight is 271 g/mol. The molecule has 2 heterocycles. The van der Waals surface area contributed by atoms with Crippen LogP contribution in [-0.4, -0.2) is 28.8 Å². The van der Waals surface area contributed by atoms with Crippen LogP contribution in [0.5, 0.6) is 0 Å². The highest BCUT2D eigenvalue weighted by molar-refractivity contribution is 5.57. The third kappa shape index (κ3) is 2.16. The second-order valence-electron chi connectivity index (χ2n) is 6.18. The lowest BCUT2D eigenvalue weighted by molar-refractivity contribution is -0.0613. The van der Waals surface area contributed by atoms with Crippen LogP contribution in [0.3, 0.4) is 0 Å². The Bertz CT molecular complexity index is 551. The van der Waals surface area contributed by atoms with Gasteiger partial charge in [0.05, 0.1) is 11.2 Å². The number of nitrogens with zero attached hydrogens (tertiary/aromatic N) is 3. The lowest BCUT2D eigenvalue weighted by atomic mass is 9.71. The molecule has 1 aliphatic heterocycles. The summed E-state index contributed by atoms with van der Waals surface area (Å²) in [5.41, 5.74) is 1.17. The highest BCUT2D eigenvalue weighted by Gasteiger charge is 2.43. The Morgan fingerprint density at radius 3 is 3.10 bits per heavy atom. The molecular formula is C16H21N3O. The molecule has 1 saturated carbocycles. The van der Waals surface area contributed by atoms with Gasteiger partial charge in [0.25, 0.3) is 0 Å². The number of fused-ring (bicyclic) bond motifs is 1. The fourth-order valence-electron chi connectivity index (χ4n) is 3.69. The van der Waals surface area contributed by atoms with Crippen molar-refractivity contribution < 1.29 is 5.11 Å². The van der Waals surface area contributed by atoms with Gasteiger partial charge < -0.3 is 10.0 Å². The van der Waals surface area contributed by atoms with Gasteiger partial charge in [0.1, 0.15) is 11.9 Å². The van der Waals surface area contributed by atoms with E-state index >= 15 is 0 Å². The molecule has 2 aliphatic rings. The van der Waals surface area contributed by atoms with Gasteiger partial charge in [0.15, 0.2) is 0 Å². The van der Waals surface area contributed by atoms with Crippen molar-refractivity contribution in [2.75, 3.05) is 18.0 Å². The average Bonchev–Trinajstić information content (AvgIpc) is 2.46. The summed E-state index contributed by atoms with van der Waals surface area (Å²) >= 11 is 0. The molecule has 2 unspecified atom stereocenters. The second kappa shape index (κ2) is 5.06. The van der Waals surface area contributed by atoms with Crippen molar-refractivity contribution in [3.63, 3.8) is 0 Å². The molecule has 3 rings (SSSR count). The molecule has 1 aromatic heterocycles. The van der Waals surface area contributed by atoms with E-state index in [4.69, 9.17) is 0 Å². The minimum absolute atomic E-state index is 0.318. The second-order valence-corrected chi connectivity index (χ2v) is 6.18. The Hall–Kier alpha value is -1.60. The van der Waals surface area contributed by atoms with Crippen LogP contribution in [-0.2, 0) is 0 Å². The van der Waals surface area contributed by atoms with Crippen molar-refractivity contribution in [1.29, 1.82) is 5.26 Å². The zero-order chi connectivity index (χ0) is 14.2. The highest BCUT2D eigenvalue weighted by atomic mass is 16.3. The first kappa shape index (κ1) is 13.4. The molecule has 4 heteroatoms. The largest absolute Gasteiger partial charge is 0.389 e. The summed E-state index contributed by atoms with van der Waals surface area (Å²) in [6, 6.07) is 4.15. The van der Waals surface area contributed by atoms with Crippen molar-refractivity contribution in [1.82, 2.24) is 4.98 Å². The van der Waals surface area contributed by atoms with E-state index in [1.807, 2.05) is 13.0 Å². The molecule has 2 atom stereocenters. The first-order valence-electron chi connectivity index (χ1n) is 7.47. The summed E-state index contributed by atoms with van der Waals surface area (Å²) in [6.07, 6.45) is 6.91. The number of hydrogen-bond acceptors (Lipinski definition) is 4. The quantitative estimate of drug-likeness (QED) is 0.852. The minimum Gasteiger partial charge on any atom is -0.389 e. The standard InChI is InChI=1S/C16H21N3O/c1-12-5-8-18-15(14(12)10-17)19-9-7-16(20)6-3-2-4-13(16)11-19/h5,8,13,20H,2-4,6-7,9,11H2,1H3. The van der Waals surface area contributed by atoms with E-state index in [9.17, 15) is 10.4 Å². The molecule has 0 spiro atoms. The molecule has 1 saturated heterocycles. The number of anilines is 1. The third-order valence-corrected chi connectivity index (χ3v) is 4.98. The van der Waals surface area contributed by atoms with Crippen molar-refractivity contribution >= 4 is 5.82 Å². The molecular weight excluding hydrogens is 250 g/mol. The topological polar surface area (TPSA) is 60.1 Å². The van der Waals surface area contributed by atoms with Crippen LogP contribution in [0.4, 0.5) is 5.82 Å². The van der Waals surface area contributed by atoms with Crippen LogP contribution < -0.4 is 4.90 Å². The summed E-state index contributed by atoms with van der Waals surface area (Å²) in [6.45, 7) is 3.56. The molecule has 1 aliphatic carbocycles. The van der Waals surface area contributed by atoms with Gasteiger partial charge in [-0.05, 0) is 37.8 Å². The van der Waals surface area contributed by atoms with Gasteiger partial charge in [-0.25, -0.2) is 4.98 Å². The lowest BCUT2D eigenvalue weighted by Gasteiger charge is -2.47. The van der Waals surface area contributed by atoms with E-state index in [-0.39, 0.29) is 0 Å². The Kier molecular flexibility index (Phi) is 3.39. The molecule has 4 nitrogen and oxygen atoms in total. The Morgan fingerprint density at radius 2 is 2.30 bits per heavy atom. The van der Waals surface area contributed by atoms with Gasteiger partial charge in [-0.1, -0.05) is 12.8 Å². The third-order valence-electron chi connectivity index (χ3n) is 4.98. The molecule has 1 aromatic rings. The number of nitriles is 1. The number of hydrogen-bond donors (Lipinski definition) is 1. The van der Waals surface area contributed by atoms with Crippen LogP contribution >= 0.6 is 0 Å². The van der Waals surface area contributed by atoms with Gasteiger partial charge >= 0.3 is 0 Å². The number of aliphatic hydroxyl groups is 1. The van der Waals surface area contributed by atoms with Crippen molar-refractivity contribution in [2.24, 2.45) is 5.92 Å². The smallest absolute Gasteiger partial charge is 0.146 e.